The zero-order valence-corrected chi connectivity index (χ0v) is 18.2. The topological polar surface area (TPSA) is 104 Å². The number of aromatic amines is 1. The number of aliphatic hydroxyl groups excluding tert-OH is 2. The third kappa shape index (κ3) is 5.48. The van der Waals surface area contributed by atoms with E-state index in [4.69, 9.17) is 9.84 Å². The third-order valence-electron chi connectivity index (χ3n) is 4.25. The summed E-state index contributed by atoms with van der Waals surface area (Å²) in [5, 5.41) is 18.9. The van der Waals surface area contributed by atoms with E-state index in [1.54, 1.807) is 30.3 Å². The Labute approximate surface area is 187 Å². The van der Waals surface area contributed by atoms with Crippen molar-refractivity contribution >= 4 is 34.9 Å². The molecular weight excluding hydrogens is 431 g/mol. The van der Waals surface area contributed by atoms with Crippen LogP contribution >= 0.6 is 22.9 Å². The number of aliphatic hydroxyl groups is 2. The molecule has 1 atom stereocenters. The number of aryl methyl sites for hydroxylation is 1. The van der Waals surface area contributed by atoms with E-state index in [9.17, 15) is 5.11 Å². The molecule has 10 heteroatoms. The van der Waals surface area contributed by atoms with Gasteiger partial charge in [-0.2, -0.15) is 0 Å². The van der Waals surface area contributed by atoms with Gasteiger partial charge in [0.2, 0.25) is 0 Å². The number of nitrogens with zero attached hydrogens (tertiary/aromatic N) is 3. The maximum atomic E-state index is 9.80. The van der Waals surface area contributed by atoms with Crippen LogP contribution in [0.3, 0.4) is 0 Å². The number of hydrogen-bond donors (Lipinski definition) is 3. The number of nitrogens with one attached hydrogen (secondary N) is 1. The minimum atomic E-state index is -0.980. The molecule has 0 aliphatic heterocycles. The fourth-order valence-electron chi connectivity index (χ4n) is 2.67. The molecule has 3 N–H and O–H groups in total. The number of aromatic nitrogens is 3. The maximum absolute atomic E-state index is 9.80. The van der Waals surface area contributed by atoms with Crippen molar-refractivity contribution in [3.05, 3.63) is 77.0 Å². The minimum absolute atomic E-state index is 0.370. The predicted octanol–water partition coefficient (Wildman–Crippen LogP) is 3.71. The number of ether oxygens (including phenoxy) is 1. The number of pyridine rings is 2. The molecule has 1 unspecified atom stereocenters. The van der Waals surface area contributed by atoms with E-state index in [2.05, 4.69) is 19.9 Å². The Morgan fingerprint density at radius 3 is 2.77 bits per heavy atom. The Bertz CT molecular complexity index is 1230. The third-order valence-corrected chi connectivity index (χ3v) is 6.01. The van der Waals surface area contributed by atoms with Crippen molar-refractivity contribution < 1.29 is 14.9 Å². The molecule has 156 valence electrons. The first-order chi connectivity index (χ1) is 15.1. The molecule has 4 rings (SSSR count). The summed E-state index contributed by atoms with van der Waals surface area (Å²) in [6.07, 6.45) is 4.19. The van der Waals surface area contributed by atoms with Crippen LogP contribution in [0.1, 0.15) is 17.4 Å². The van der Waals surface area contributed by atoms with Crippen molar-refractivity contribution in [2.24, 2.45) is 4.99 Å². The van der Waals surface area contributed by atoms with Gasteiger partial charge in [0.15, 0.2) is 0 Å². The summed E-state index contributed by atoms with van der Waals surface area (Å²) >= 11 is 2.88. The molecule has 0 radical (unpaired) electrons. The zero-order chi connectivity index (χ0) is 21.6. The molecule has 0 spiro atoms. The first-order valence-corrected chi connectivity index (χ1v) is 11.2. The van der Waals surface area contributed by atoms with E-state index in [1.807, 2.05) is 55.5 Å². The normalized spacial score (nSPS) is 12.5. The van der Waals surface area contributed by atoms with Crippen LogP contribution in [0.5, 0.6) is 11.5 Å². The molecule has 0 aliphatic rings. The first kappa shape index (κ1) is 21.4. The molecule has 0 fully saturated rings. The molecule has 4 aromatic rings. The van der Waals surface area contributed by atoms with Gasteiger partial charge in [-0.25, -0.2) is 0 Å². The monoisotopic (exact) mass is 450 g/mol. The van der Waals surface area contributed by atoms with Gasteiger partial charge in [-0.05, 0) is 0 Å². The van der Waals surface area contributed by atoms with E-state index in [1.165, 1.54) is 11.2 Å². The van der Waals surface area contributed by atoms with Gasteiger partial charge in [0.05, 0.1) is 0 Å². The molecule has 3 heterocycles. The summed E-state index contributed by atoms with van der Waals surface area (Å²) in [5.41, 5.74) is 1.25. The van der Waals surface area contributed by atoms with Crippen LogP contribution in [-0.4, -0.2) is 37.9 Å². The SMILES string of the molecule is Cc1ncccc1Oc1cc(Sc2ccccc2)cnc1/N=c1/[nH]c(C(O)CO)bs1. The Hall–Kier alpha value is -2.79. The second-order valence-electron chi connectivity index (χ2n) is 6.53. The van der Waals surface area contributed by atoms with Gasteiger partial charge in [-0.15, -0.1) is 0 Å². The van der Waals surface area contributed by atoms with Gasteiger partial charge in [0, 0.05) is 0 Å². The Kier molecular flexibility index (Phi) is 6.93. The van der Waals surface area contributed by atoms with Crippen molar-refractivity contribution in [3.63, 3.8) is 0 Å². The molecule has 7 nitrogen and oxygen atoms in total. The van der Waals surface area contributed by atoms with Gasteiger partial charge in [0.25, 0.3) is 0 Å². The zero-order valence-electron chi connectivity index (χ0n) is 16.6. The van der Waals surface area contributed by atoms with E-state index in [-0.39, 0.29) is 6.61 Å². The van der Waals surface area contributed by atoms with Crippen molar-refractivity contribution in [1.29, 1.82) is 0 Å². The van der Waals surface area contributed by atoms with E-state index in [0.29, 0.717) is 27.7 Å². The average Bonchev–Trinajstić information content (AvgIpc) is 3.26. The van der Waals surface area contributed by atoms with Gasteiger partial charge >= 0.3 is 188 Å². The number of hydrogen-bond acceptors (Lipinski definition) is 8. The summed E-state index contributed by atoms with van der Waals surface area (Å²) in [5.74, 6) is 1.50. The summed E-state index contributed by atoms with van der Waals surface area (Å²) in [6, 6.07) is 15.6. The van der Waals surface area contributed by atoms with Crippen molar-refractivity contribution in [1.82, 2.24) is 15.0 Å². The fraction of sp³-hybridized carbons (Fsp3) is 0.143. The molecule has 0 saturated carbocycles. The van der Waals surface area contributed by atoms with Gasteiger partial charge < -0.3 is 0 Å². The summed E-state index contributed by atoms with van der Waals surface area (Å²) < 4.78 is 6.14. The first-order valence-electron chi connectivity index (χ1n) is 9.46. The Morgan fingerprint density at radius 2 is 2.00 bits per heavy atom. The van der Waals surface area contributed by atoms with Crippen LogP contribution in [0.4, 0.5) is 5.82 Å². The van der Waals surface area contributed by atoms with Crippen molar-refractivity contribution in [3.8, 4) is 11.5 Å². The standard InChI is InChI=1S/C21H19BN4O3S2/c1-13-17(8-5-9-23-13)29-18-10-15(30-14-6-3-2-4-7-14)11-24-20(18)26-21-25-19(22-31-21)16(28)12-27/h2-11,16,27-28H,12H2,1H3,(H,24,25,26). The predicted molar refractivity (Wildman–Crippen MR) is 121 cm³/mol. The van der Waals surface area contributed by atoms with Crippen LogP contribution in [0, 0.1) is 6.92 Å². The number of H-pyrrole nitrogens is 1. The second-order valence-corrected chi connectivity index (χ2v) is 8.53. The summed E-state index contributed by atoms with van der Waals surface area (Å²) in [6.45, 7) is 1.50. The molecule has 1 aromatic carbocycles. The Balaban J connectivity index is 1.72. The molecular formula is C21H19BN4O3S2. The molecule has 0 saturated heterocycles. The molecule has 0 aliphatic carbocycles. The fourth-order valence-corrected chi connectivity index (χ4v) is 4.27. The molecule has 0 bridgehead atoms. The van der Waals surface area contributed by atoms with E-state index < -0.39 is 6.10 Å². The van der Waals surface area contributed by atoms with Crippen LogP contribution in [-0.2, 0) is 0 Å². The van der Waals surface area contributed by atoms with Gasteiger partial charge in [-0.3, -0.25) is 0 Å². The van der Waals surface area contributed by atoms with Crippen molar-refractivity contribution in [2.75, 3.05) is 6.61 Å². The van der Waals surface area contributed by atoms with Crippen LogP contribution in [0.2, 0.25) is 0 Å². The number of benzene rings is 1. The Morgan fingerprint density at radius 1 is 1.16 bits per heavy atom. The van der Waals surface area contributed by atoms with Crippen LogP contribution in [0.15, 0.2) is 75.7 Å². The van der Waals surface area contributed by atoms with Gasteiger partial charge in [-0.1, -0.05) is 0 Å². The summed E-state index contributed by atoms with van der Waals surface area (Å²) in [7, 11) is 0. The van der Waals surface area contributed by atoms with Gasteiger partial charge in [0.1, 0.15) is 0 Å². The molecule has 3 aromatic heterocycles. The van der Waals surface area contributed by atoms with Crippen LogP contribution < -0.4 is 9.54 Å². The quantitative estimate of drug-likeness (QED) is 0.397. The van der Waals surface area contributed by atoms with E-state index >= 15 is 0 Å². The summed E-state index contributed by atoms with van der Waals surface area (Å²) in [4.78, 5) is 18.9. The van der Waals surface area contributed by atoms with Crippen LogP contribution in [0.25, 0.3) is 0 Å². The molecule has 31 heavy (non-hydrogen) atoms. The second kappa shape index (κ2) is 10.0. The van der Waals surface area contributed by atoms with E-state index in [0.717, 1.165) is 15.5 Å². The van der Waals surface area contributed by atoms with Crippen molar-refractivity contribution in [2.45, 2.75) is 22.8 Å². The average molecular weight is 450 g/mol. The number of rotatable bonds is 7. The molecule has 0 amide bonds.